The number of Topliss-reactive ketones (excluding diaryl/α,β-unsaturated/α-hetero) is 1. The Bertz CT molecular complexity index is 433. The Hall–Kier alpha value is -1.85. The van der Waals surface area contributed by atoms with E-state index in [1.165, 1.54) is 4.90 Å². The van der Waals surface area contributed by atoms with Gasteiger partial charge in [-0.3, -0.25) is 4.79 Å². The van der Waals surface area contributed by atoms with Gasteiger partial charge in [-0.2, -0.15) is 0 Å². The van der Waals surface area contributed by atoms with Gasteiger partial charge in [0.2, 0.25) is 0 Å². The Labute approximate surface area is 118 Å². The molecular formula is C14H21NO5. The first-order chi connectivity index (χ1) is 9.23. The van der Waals surface area contributed by atoms with Gasteiger partial charge >= 0.3 is 12.1 Å². The molecule has 112 valence electrons. The third-order valence-electron chi connectivity index (χ3n) is 2.56. The molecule has 0 N–H and O–H groups in total. The molecule has 20 heavy (non-hydrogen) atoms. The molecule has 1 aliphatic heterocycles. The van der Waals surface area contributed by atoms with Crippen LogP contribution < -0.4 is 0 Å². The summed E-state index contributed by atoms with van der Waals surface area (Å²) in [6, 6.07) is 0. The van der Waals surface area contributed by atoms with E-state index in [4.69, 9.17) is 9.47 Å². The smallest absolute Gasteiger partial charge is 0.410 e. The van der Waals surface area contributed by atoms with Crippen molar-refractivity contribution in [2.75, 3.05) is 19.7 Å². The molecule has 6 nitrogen and oxygen atoms in total. The van der Waals surface area contributed by atoms with Crippen LogP contribution in [0, 0.1) is 0 Å². The summed E-state index contributed by atoms with van der Waals surface area (Å²) in [7, 11) is 0. The minimum absolute atomic E-state index is 0.0760. The first kappa shape index (κ1) is 16.2. The fourth-order valence-electron chi connectivity index (χ4n) is 1.70. The predicted molar refractivity (Wildman–Crippen MR) is 72.1 cm³/mol. The van der Waals surface area contributed by atoms with Crippen LogP contribution >= 0.6 is 0 Å². The van der Waals surface area contributed by atoms with Gasteiger partial charge in [-0.05, 0) is 27.7 Å². The number of esters is 1. The fraction of sp³-hybridized carbons (Fsp3) is 0.643. The molecule has 6 heteroatoms. The first-order valence-corrected chi connectivity index (χ1v) is 6.61. The maximum atomic E-state index is 11.9. The molecule has 0 aromatic carbocycles. The Morgan fingerprint density at radius 3 is 2.55 bits per heavy atom. The van der Waals surface area contributed by atoms with Gasteiger partial charge in [-0.1, -0.05) is 0 Å². The Kier molecular flexibility index (Phi) is 5.30. The zero-order valence-corrected chi connectivity index (χ0v) is 12.4. The fourth-order valence-corrected chi connectivity index (χ4v) is 1.70. The summed E-state index contributed by atoms with van der Waals surface area (Å²) < 4.78 is 10.0. The van der Waals surface area contributed by atoms with Crippen molar-refractivity contribution in [1.82, 2.24) is 4.90 Å². The number of ketones is 1. The molecule has 0 aromatic heterocycles. The maximum absolute atomic E-state index is 11.9. The molecule has 1 aliphatic rings. The number of nitrogens with zero attached hydrogens (tertiary/aromatic N) is 1. The van der Waals surface area contributed by atoms with Crippen LogP contribution in [0.15, 0.2) is 11.6 Å². The first-order valence-electron chi connectivity index (χ1n) is 6.61. The number of rotatable bonds is 2. The van der Waals surface area contributed by atoms with E-state index in [9.17, 15) is 14.4 Å². The largest absolute Gasteiger partial charge is 0.463 e. The van der Waals surface area contributed by atoms with Gasteiger partial charge in [-0.25, -0.2) is 9.59 Å². The lowest BCUT2D eigenvalue weighted by Gasteiger charge is -2.30. The second kappa shape index (κ2) is 6.54. The molecule has 1 amide bonds. The summed E-state index contributed by atoms with van der Waals surface area (Å²) >= 11 is 0. The Morgan fingerprint density at radius 2 is 2.00 bits per heavy atom. The highest BCUT2D eigenvalue weighted by Gasteiger charge is 2.29. The van der Waals surface area contributed by atoms with Crippen molar-refractivity contribution in [2.24, 2.45) is 0 Å². The highest BCUT2D eigenvalue weighted by atomic mass is 16.6. The quantitative estimate of drug-likeness (QED) is 0.569. The van der Waals surface area contributed by atoms with Crippen molar-refractivity contribution >= 4 is 17.8 Å². The van der Waals surface area contributed by atoms with E-state index in [0.717, 1.165) is 6.08 Å². The van der Waals surface area contributed by atoms with E-state index >= 15 is 0 Å². The molecule has 0 aromatic rings. The number of ether oxygens (including phenoxy) is 2. The molecule has 0 radical (unpaired) electrons. The minimum atomic E-state index is -0.594. The molecule has 1 heterocycles. The van der Waals surface area contributed by atoms with Crippen molar-refractivity contribution in [3.05, 3.63) is 11.6 Å². The van der Waals surface area contributed by atoms with Gasteiger partial charge in [0.1, 0.15) is 5.60 Å². The zero-order valence-electron chi connectivity index (χ0n) is 12.4. The molecule has 0 saturated carbocycles. The van der Waals surface area contributed by atoms with Crippen LogP contribution in [0.25, 0.3) is 0 Å². The van der Waals surface area contributed by atoms with E-state index in [-0.39, 0.29) is 30.9 Å². The van der Waals surface area contributed by atoms with E-state index in [1.807, 2.05) is 0 Å². The summed E-state index contributed by atoms with van der Waals surface area (Å²) in [5.74, 6) is -0.709. The van der Waals surface area contributed by atoms with Gasteiger partial charge in [0.15, 0.2) is 5.78 Å². The van der Waals surface area contributed by atoms with Gasteiger partial charge in [0, 0.05) is 24.6 Å². The molecule has 1 rings (SSSR count). The average Bonchev–Trinajstić information content (AvgIpc) is 2.30. The summed E-state index contributed by atoms with van der Waals surface area (Å²) in [6.07, 6.45) is 0.854. The molecule has 0 bridgehead atoms. The van der Waals surface area contributed by atoms with Crippen LogP contribution in [0.1, 0.15) is 34.1 Å². The van der Waals surface area contributed by atoms with Crippen LogP contribution in [0.3, 0.4) is 0 Å². The maximum Gasteiger partial charge on any atom is 0.410 e. The molecule has 0 aliphatic carbocycles. The standard InChI is InChI=1S/C14H21NO5/c1-5-19-12(17)8-10-9-15(7-6-11(10)16)13(18)20-14(2,3)4/h8H,5-7,9H2,1-4H3/b10-8+. The number of piperidine rings is 1. The van der Waals surface area contributed by atoms with Crippen LogP contribution in [-0.4, -0.2) is 48.0 Å². The third kappa shape index (κ3) is 5.03. The molecule has 0 spiro atoms. The highest BCUT2D eigenvalue weighted by Crippen LogP contribution is 2.16. The van der Waals surface area contributed by atoms with Gasteiger partial charge in [0.05, 0.1) is 13.2 Å². The van der Waals surface area contributed by atoms with Crippen LogP contribution in [0.4, 0.5) is 4.79 Å². The molecule has 0 atom stereocenters. The van der Waals surface area contributed by atoms with Crippen molar-refractivity contribution in [2.45, 2.75) is 39.7 Å². The number of carbonyl (C=O) groups is 3. The van der Waals surface area contributed by atoms with Crippen LogP contribution in [0.2, 0.25) is 0 Å². The Balaban J connectivity index is 2.73. The number of likely N-dealkylation sites (tertiary alicyclic amines) is 1. The number of hydrogen-bond donors (Lipinski definition) is 0. The minimum Gasteiger partial charge on any atom is -0.463 e. The molecule has 0 unspecified atom stereocenters. The number of amides is 1. The van der Waals surface area contributed by atoms with Gasteiger partial charge in [-0.15, -0.1) is 0 Å². The zero-order chi connectivity index (χ0) is 15.3. The second-order valence-corrected chi connectivity index (χ2v) is 5.50. The number of hydrogen-bond acceptors (Lipinski definition) is 5. The van der Waals surface area contributed by atoms with Gasteiger partial charge < -0.3 is 14.4 Å². The normalized spacial score (nSPS) is 18.1. The SMILES string of the molecule is CCOC(=O)/C=C1\CN(C(=O)OC(C)(C)C)CCC1=O. The second-order valence-electron chi connectivity index (χ2n) is 5.50. The summed E-state index contributed by atoms with van der Waals surface area (Å²) in [5, 5.41) is 0. The van der Waals surface area contributed by atoms with Gasteiger partial charge in [0.25, 0.3) is 0 Å². The average molecular weight is 283 g/mol. The van der Waals surface area contributed by atoms with E-state index in [1.54, 1.807) is 27.7 Å². The van der Waals surface area contributed by atoms with Crippen LogP contribution in [-0.2, 0) is 19.1 Å². The van der Waals surface area contributed by atoms with E-state index in [2.05, 4.69) is 0 Å². The lowest BCUT2D eigenvalue weighted by atomic mass is 10.0. The van der Waals surface area contributed by atoms with Crippen molar-refractivity contribution in [3.63, 3.8) is 0 Å². The summed E-state index contributed by atoms with van der Waals surface area (Å²) in [5.41, 5.74) is -0.315. The molecular weight excluding hydrogens is 262 g/mol. The van der Waals surface area contributed by atoms with Crippen molar-refractivity contribution < 1.29 is 23.9 Å². The molecule has 1 saturated heterocycles. The lowest BCUT2D eigenvalue weighted by molar-refractivity contribution is -0.137. The lowest BCUT2D eigenvalue weighted by Crippen LogP contribution is -2.43. The van der Waals surface area contributed by atoms with Crippen molar-refractivity contribution in [1.29, 1.82) is 0 Å². The number of carbonyl (C=O) groups excluding carboxylic acids is 3. The highest BCUT2D eigenvalue weighted by molar-refractivity contribution is 6.02. The van der Waals surface area contributed by atoms with E-state index in [0.29, 0.717) is 6.54 Å². The monoisotopic (exact) mass is 283 g/mol. The third-order valence-corrected chi connectivity index (χ3v) is 2.56. The van der Waals surface area contributed by atoms with E-state index < -0.39 is 17.7 Å². The molecule has 1 fully saturated rings. The summed E-state index contributed by atoms with van der Waals surface area (Å²) in [6.45, 7) is 7.62. The van der Waals surface area contributed by atoms with Crippen LogP contribution in [0.5, 0.6) is 0 Å². The Morgan fingerprint density at radius 1 is 1.35 bits per heavy atom. The predicted octanol–water partition coefficient (Wildman–Crippen LogP) is 1.69. The van der Waals surface area contributed by atoms with Crippen molar-refractivity contribution in [3.8, 4) is 0 Å². The summed E-state index contributed by atoms with van der Waals surface area (Å²) in [4.78, 5) is 36.5. The topological polar surface area (TPSA) is 72.9 Å².